The summed E-state index contributed by atoms with van der Waals surface area (Å²) >= 11 is 12.6. The second-order valence-electron chi connectivity index (χ2n) is 13.5. The average molecular weight is 808 g/mol. The molecule has 2 heterocycles. The van der Waals surface area contributed by atoms with Crippen LogP contribution in [0.1, 0.15) is 74.7 Å². The Balaban J connectivity index is 0.000000890. The molecule has 4 aromatic carbocycles. The average Bonchev–Trinajstić information content (AvgIpc) is 3.50. The Kier molecular flexibility index (Phi) is 15.4. The number of fused-ring (bicyclic) bond motifs is 2. The van der Waals surface area contributed by atoms with Gasteiger partial charge in [-0.3, -0.25) is 4.79 Å². The van der Waals surface area contributed by atoms with Crippen molar-refractivity contribution >= 4 is 52.0 Å². The number of aromatic hydroxyl groups is 1. The van der Waals surface area contributed by atoms with E-state index in [-0.39, 0.29) is 6.61 Å². The van der Waals surface area contributed by atoms with Crippen LogP contribution >= 0.6 is 35.0 Å². The van der Waals surface area contributed by atoms with Gasteiger partial charge < -0.3 is 29.0 Å². The van der Waals surface area contributed by atoms with Crippen molar-refractivity contribution in [3.05, 3.63) is 117 Å². The van der Waals surface area contributed by atoms with Gasteiger partial charge in [0.25, 0.3) is 0 Å². The van der Waals surface area contributed by atoms with Gasteiger partial charge in [0.15, 0.2) is 0 Å². The normalized spacial score (nSPS) is 15.4. The molecule has 1 aliphatic rings. The van der Waals surface area contributed by atoms with Crippen molar-refractivity contribution in [1.82, 2.24) is 9.55 Å². The number of aromatic nitrogens is 2. The first-order valence-corrected chi connectivity index (χ1v) is 20.1. The number of hydrogen-bond donors (Lipinski definition) is 2. The van der Waals surface area contributed by atoms with E-state index >= 15 is 0 Å². The van der Waals surface area contributed by atoms with E-state index in [1.165, 1.54) is 11.8 Å². The molecule has 1 aromatic heterocycles. The highest BCUT2D eigenvalue weighted by Gasteiger charge is 2.35. The minimum Gasteiger partial charge on any atom is -0.507 e. The fourth-order valence-corrected chi connectivity index (χ4v) is 7.14. The van der Waals surface area contributed by atoms with Gasteiger partial charge >= 0.3 is 5.97 Å². The number of aliphatic carboxylic acids is 1. The summed E-state index contributed by atoms with van der Waals surface area (Å²) in [7, 11) is 1.96. The summed E-state index contributed by atoms with van der Waals surface area (Å²) in [4.78, 5) is 17.6. The zero-order valence-corrected chi connectivity index (χ0v) is 35.5. The third-order valence-electron chi connectivity index (χ3n) is 9.56. The highest BCUT2D eigenvalue weighted by molar-refractivity contribution is 8.00. The van der Waals surface area contributed by atoms with Crippen molar-refractivity contribution in [1.29, 1.82) is 0 Å². The largest absolute Gasteiger partial charge is 0.507 e. The molecule has 2 N–H and O–H groups in total. The Hall–Kier alpha value is -4.31. The zero-order chi connectivity index (χ0) is 40.4. The van der Waals surface area contributed by atoms with Gasteiger partial charge in [0, 0.05) is 33.6 Å². The van der Waals surface area contributed by atoms with E-state index in [2.05, 4.69) is 6.92 Å². The number of phenols is 1. The molecule has 1 aliphatic heterocycles. The van der Waals surface area contributed by atoms with Crippen molar-refractivity contribution in [2.24, 2.45) is 7.05 Å². The molecule has 55 heavy (non-hydrogen) atoms. The van der Waals surface area contributed by atoms with Crippen molar-refractivity contribution in [2.45, 2.75) is 97.0 Å². The standard InChI is InChI=1S/C38H39ClN2O6S.C4H7Cl.C2H6/c1-22-23(2)36-30(24(3)35(22)42)16-17-38(4,47-36)21-46-28-12-15-31-32(19-28)41(5)34(40-31)20-45-27-10-6-25(7-11-27)18-33(37(43)44)48-29-13-8-26(39)9-14-29;1-3-4(2)5;1-2/h6-15,19,33,42H,16-18,20-21H2,1-5H3,(H,43,44);3H,1-2H3;1-2H3/b;4-3+;. The number of carboxylic acids is 1. The number of carbonyl (C=O) groups is 1. The van der Waals surface area contributed by atoms with E-state index in [9.17, 15) is 15.0 Å². The Bertz CT molecular complexity index is 2110. The minimum absolute atomic E-state index is 0.268. The summed E-state index contributed by atoms with van der Waals surface area (Å²) in [5, 5.41) is 21.1. The maximum absolute atomic E-state index is 11.9. The molecule has 2 unspecified atom stereocenters. The van der Waals surface area contributed by atoms with Crippen LogP contribution in [0.15, 0.2) is 82.7 Å². The monoisotopic (exact) mass is 806 g/mol. The van der Waals surface area contributed by atoms with Crippen LogP contribution in [0.2, 0.25) is 5.02 Å². The van der Waals surface area contributed by atoms with E-state index in [1.54, 1.807) is 12.1 Å². The first kappa shape index (κ1) is 43.4. The minimum atomic E-state index is -0.866. The Morgan fingerprint density at radius 1 is 1.02 bits per heavy atom. The quantitative estimate of drug-likeness (QED) is 0.127. The van der Waals surface area contributed by atoms with E-state index in [0.717, 1.165) is 78.9 Å². The van der Waals surface area contributed by atoms with Crippen molar-refractivity contribution in [2.75, 3.05) is 6.61 Å². The molecular weight excluding hydrogens is 755 g/mol. The number of phenolic OH excluding ortho intramolecular Hbond substituents is 1. The second-order valence-corrected chi connectivity index (χ2v) is 15.8. The summed E-state index contributed by atoms with van der Waals surface area (Å²) < 4.78 is 20.9. The van der Waals surface area contributed by atoms with Crippen LogP contribution in [-0.4, -0.2) is 43.2 Å². The van der Waals surface area contributed by atoms with Crippen molar-refractivity contribution in [3.8, 4) is 23.0 Å². The lowest BCUT2D eigenvalue weighted by Crippen LogP contribution is -2.42. The molecule has 0 bridgehead atoms. The lowest BCUT2D eigenvalue weighted by atomic mass is 9.87. The Labute approximate surface area is 339 Å². The van der Waals surface area contributed by atoms with Crippen molar-refractivity contribution in [3.63, 3.8) is 0 Å². The smallest absolute Gasteiger partial charge is 0.317 e. The van der Waals surface area contributed by atoms with Gasteiger partial charge in [0.05, 0.1) is 11.0 Å². The zero-order valence-electron chi connectivity index (χ0n) is 33.1. The highest BCUT2D eigenvalue weighted by Crippen LogP contribution is 2.43. The first-order chi connectivity index (χ1) is 26.2. The number of nitrogens with zero attached hydrogens (tertiary/aromatic N) is 2. The van der Waals surface area contributed by atoms with Crippen LogP contribution in [0.25, 0.3) is 11.0 Å². The molecule has 0 radical (unpaired) electrons. The number of ether oxygens (including phenoxy) is 3. The third kappa shape index (κ3) is 11.1. The number of halogens is 2. The summed E-state index contributed by atoms with van der Waals surface area (Å²) in [6.45, 7) is 16.3. The maximum Gasteiger partial charge on any atom is 0.317 e. The van der Waals surface area contributed by atoms with Crippen molar-refractivity contribution < 1.29 is 29.2 Å². The molecule has 0 amide bonds. The fourth-order valence-electron chi connectivity index (χ4n) is 6.01. The molecule has 0 saturated carbocycles. The molecule has 5 aromatic rings. The van der Waals surface area contributed by atoms with Crippen LogP contribution in [0, 0.1) is 20.8 Å². The van der Waals surface area contributed by atoms with E-state index < -0.39 is 16.8 Å². The Morgan fingerprint density at radius 2 is 1.65 bits per heavy atom. The fraction of sp³-hybridized carbons (Fsp3) is 0.364. The van der Waals surface area contributed by atoms with Crippen LogP contribution in [-0.2, 0) is 31.3 Å². The van der Waals surface area contributed by atoms with E-state index in [4.69, 9.17) is 42.4 Å². The summed E-state index contributed by atoms with van der Waals surface area (Å²) in [5.74, 6) is 2.52. The van der Waals surface area contributed by atoms with Gasteiger partial charge in [-0.15, -0.1) is 11.8 Å². The molecule has 0 aliphatic carbocycles. The third-order valence-corrected chi connectivity index (χ3v) is 11.2. The maximum atomic E-state index is 11.9. The first-order valence-electron chi connectivity index (χ1n) is 18.4. The number of hydrogen-bond acceptors (Lipinski definition) is 7. The van der Waals surface area contributed by atoms with Gasteiger partial charge in [0.1, 0.15) is 52.9 Å². The molecule has 6 rings (SSSR count). The number of rotatable bonds is 11. The summed E-state index contributed by atoms with van der Waals surface area (Å²) in [6, 6.07) is 20.5. The van der Waals surface area contributed by atoms with Crippen LogP contribution in [0.3, 0.4) is 0 Å². The molecule has 11 heteroatoms. The van der Waals surface area contributed by atoms with Gasteiger partial charge in [-0.25, -0.2) is 4.98 Å². The van der Waals surface area contributed by atoms with Gasteiger partial charge in [-0.05, 0) is 132 Å². The lowest BCUT2D eigenvalue weighted by Gasteiger charge is -2.37. The summed E-state index contributed by atoms with van der Waals surface area (Å²) in [5.41, 5.74) is 5.96. The Morgan fingerprint density at radius 3 is 2.27 bits per heavy atom. The SMILES string of the molecule is C/C=C(\C)Cl.CC.Cc1c(C)c2c(c(C)c1O)CCC(C)(COc1ccc3nc(COc4ccc(CC(Sc5ccc(Cl)cc5)C(=O)O)cc4)n(C)c3c1)O2. The number of imidazole rings is 1. The van der Waals surface area contributed by atoms with Gasteiger partial charge in [-0.1, -0.05) is 55.3 Å². The molecule has 294 valence electrons. The highest BCUT2D eigenvalue weighted by atomic mass is 35.5. The molecule has 0 spiro atoms. The molecule has 2 atom stereocenters. The molecular formula is C44H52Cl2N2O6S. The van der Waals surface area contributed by atoms with Crippen LogP contribution in [0.5, 0.6) is 23.0 Å². The van der Waals surface area contributed by atoms with E-state index in [1.807, 2.05) is 121 Å². The number of thioether (sulfide) groups is 1. The van der Waals surface area contributed by atoms with Crippen LogP contribution in [0.4, 0.5) is 0 Å². The number of benzene rings is 4. The van der Waals surface area contributed by atoms with Gasteiger partial charge in [0.2, 0.25) is 0 Å². The van der Waals surface area contributed by atoms with Crippen LogP contribution < -0.4 is 14.2 Å². The molecule has 0 fully saturated rings. The molecule has 0 saturated heterocycles. The summed E-state index contributed by atoms with van der Waals surface area (Å²) in [6.07, 6.45) is 3.82. The molecule has 8 nitrogen and oxygen atoms in total. The predicted octanol–water partition coefficient (Wildman–Crippen LogP) is 11.6. The number of carboxylic acid groups (broad SMARTS) is 1. The predicted molar refractivity (Wildman–Crippen MR) is 226 cm³/mol. The lowest BCUT2D eigenvalue weighted by molar-refractivity contribution is -0.136. The van der Waals surface area contributed by atoms with Gasteiger partial charge in [-0.2, -0.15) is 0 Å². The number of aryl methyl sites for hydroxylation is 1. The van der Waals surface area contributed by atoms with E-state index in [0.29, 0.717) is 29.5 Å². The topological polar surface area (TPSA) is 103 Å². The second kappa shape index (κ2) is 19.5. The number of allylic oxidation sites excluding steroid dienone is 2.